The Labute approximate surface area is 99.8 Å². The predicted octanol–water partition coefficient (Wildman–Crippen LogP) is 2.23. The van der Waals surface area contributed by atoms with Gasteiger partial charge in [0.1, 0.15) is 4.90 Å². The van der Waals surface area contributed by atoms with Gasteiger partial charge in [-0.1, -0.05) is 25.1 Å². The number of aryl methyl sites for hydroxylation is 1. The summed E-state index contributed by atoms with van der Waals surface area (Å²) in [6.45, 7) is 2.00. The van der Waals surface area contributed by atoms with Gasteiger partial charge < -0.3 is 5.73 Å². The van der Waals surface area contributed by atoms with Crippen molar-refractivity contribution in [3.05, 3.63) is 35.9 Å². The van der Waals surface area contributed by atoms with Crippen LogP contribution in [0.4, 0.5) is 5.69 Å². The number of anilines is 1. The number of benzene rings is 2. The largest absolute Gasteiger partial charge is 0.397 e. The fraction of sp³-hybridized carbons (Fsp3) is 0.167. The van der Waals surface area contributed by atoms with Crippen LogP contribution in [0.5, 0.6) is 0 Å². The van der Waals surface area contributed by atoms with E-state index in [0.717, 1.165) is 17.4 Å². The van der Waals surface area contributed by atoms with Crippen LogP contribution in [0.1, 0.15) is 12.5 Å². The van der Waals surface area contributed by atoms with Gasteiger partial charge in [-0.15, -0.1) is 0 Å². The highest BCUT2D eigenvalue weighted by molar-refractivity contribution is 7.86. The Balaban J connectivity index is 2.82. The molecule has 2 rings (SSSR count). The maximum Gasteiger partial charge on any atom is 0.296 e. The molecule has 0 amide bonds. The van der Waals surface area contributed by atoms with E-state index in [1.807, 2.05) is 25.1 Å². The van der Waals surface area contributed by atoms with Crippen molar-refractivity contribution in [3.8, 4) is 0 Å². The van der Waals surface area contributed by atoms with Gasteiger partial charge in [-0.3, -0.25) is 4.55 Å². The van der Waals surface area contributed by atoms with E-state index in [1.165, 1.54) is 6.07 Å². The van der Waals surface area contributed by atoms with Gasteiger partial charge in [0.25, 0.3) is 10.1 Å². The van der Waals surface area contributed by atoms with Crippen molar-refractivity contribution < 1.29 is 13.0 Å². The van der Waals surface area contributed by atoms with Crippen molar-refractivity contribution >= 4 is 26.6 Å². The first-order valence-electron chi connectivity index (χ1n) is 5.22. The van der Waals surface area contributed by atoms with E-state index in [2.05, 4.69) is 0 Å². The Bertz CT molecular complexity index is 677. The van der Waals surface area contributed by atoms with Gasteiger partial charge in [-0.25, -0.2) is 0 Å². The first kappa shape index (κ1) is 11.9. The van der Waals surface area contributed by atoms with Crippen molar-refractivity contribution in [3.63, 3.8) is 0 Å². The van der Waals surface area contributed by atoms with Gasteiger partial charge in [-0.2, -0.15) is 8.42 Å². The van der Waals surface area contributed by atoms with Crippen LogP contribution < -0.4 is 5.73 Å². The average molecular weight is 251 g/mol. The van der Waals surface area contributed by atoms with E-state index in [4.69, 9.17) is 10.3 Å². The Hall–Kier alpha value is -1.59. The summed E-state index contributed by atoms with van der Waals surface area (Å²) >= 11 is 0. The summed E-state index contributed by atoms with van der Waals surface area (Å²) in [6, 6.07) is 8.65. The quantitative estimate of drug-likeness (QED) is 0.633. The molecule has 90 valence electrons. The average Bonchev–Trinajstić information content (AvgIpc) is 2.27. The third-order valence-corrected chi connectivity index (χ3v) is 3.69. The lowest BCUT2D eigenvalue weighted by Gasteiger charge is -2.08. The van der Waals surface area contributed by atoms with Crippen molar-refractivity contribution in [1.29, 1.82) is 0 Å². The maximum atomic E-state index is 11.1. The lowest BCUT2D eigenvalue weighted by Crippen LogP contribution is -2.03. The van der Waals surface area contributed by atoms with Crippen LogP contribution in [0.15, 0.2) is 35.2 Å². The van der Waals surface area contributed by atoms with E-state index in [0.29, 0.717) is 5.39 Å². The van der Waals surface area contributed by atoms with Gasteiger partial charge in [0.2, 0.25) is 0 Å². The summed E-state index contributed by atoms with van der Waals surface area (Å²) in [5.74, 6) is 0. The molecule has 0 aliphatic carbocycles. The summed E-state index contributed by atoms with van der Waals surface area (Å²) in [7, 11) is -4.27. The summed E-state index contributed by atoms with van der Waals surface area (Å²) in [6.07, 6.45) is 0.839. The zero-order valence-electron chi connectivity index (χ0n) is 9.34. The van der Waals surface area contributed by atoms with E-state index < -0.39 is 10.1 Å². The predicted molar refractivity (Wildman–Crippen MR) is 67.6 cm³/mol. The van der Waals surface area contributed by atoms with Crippen molar-refractivity contribution in [2.24, 2.45) is 0 Å². The summed E-state index contributed by atoms with van der Waals surface area (Å²) in [5.41, 5.74) is 6.95. The van der Waals surface area contributed by atoms with Crippen molar-refractivity contribution in [2.75, 3.05) is 5.73 Å². The van der Waals surface area contributed by atoms with E-state index in [-0.39, 0.29) is 10.6 Å². The van der Waals surface area contributed by atoms with Crippen molar-refractivity contribution in [2.45, 2.75) is 18.2 Å². The molecule has 17 heavy (non-hydrogen) atoms. The second-order valence-corrected chi connectivity index (χ2v) is 5.25. The van der Waals surface area contributed by atoms with Crippen LogP contribution >= 0.6 is 0 Å². The zero-order valence-corrected chi connectivity index (χ0v) is 10.2. The number of fused-ring (bicyclic) bond motifs is 1. The Kier molecular flexibility index (Phi) is 2.81. The van der Waals surface area contributed by atoms with Gasteiger partial charge in [0.05, 0.1) is 5.69 Å². The van der Waals surface area contributed by atoms with Gasteiger partial charge >= 0.3 is 0 Å². The molecule has 0 saturated carbocycles. The molecular formula is C12H13NO3S. The molecule has 0 heterocycles. The van der Waals surface area contributed by atoms with Crippen LogP contribution in [0.3, 0.4) is 0 Å². The minimum Gasteiger partial charge on any atom is -0.397 e. The molecule has 4 nitrogen and oxygen atoms in total. The van der Waals surface area contributed by atoms with Crippen LogP contribution in [-0.2, 0) is 16.5 Å². The smallest absolute Gasteiger partial charge is 0.296 e. The van der Waals surface area contributed by atoms with Gasteiger partial charge in [0.15, 0.2) is 0 Å². The number of hydrogen-bond donors (Lipinski definition) is 2. The van der Waals surface area contributed by atoms with Crippen LogP contribution in [0.2, 0.25) is 0 Å². The Morgan fingerprint density at radius 3 is 2.47 bits per heavy atom. The molecule has 0 aliphatic heterocycles. The third kappa shape index (κ3) is 2.11. The molecule has 0 aromatic heterocycles. The monoisotopic (exact) mass is 251 g/mol. The second-order valence-electron chi connectivity index (χ2n) is 3.86. The van der Waals surface area contributed by atoms with Gasteiger partial charge in [0, 0.05) is 5.39 Å². The highest BCUT2D eigenvalue weighted by Crippen LogP contribution is 2.28. The molecule has 0 saturated heterocycles. The van der Waals surface area contributed by atoms with E-state index in [9.17, 15) is 8.42 Å². The first-order valence-corrected chi connectivity index (χ1v) is 6.66. The molecule has 3 N–H and O–H groups in total. The molecule has 0 atom stereocenters. The van der Waals surface area contributed by atoms with E-state index in [1.54, 1.807) is 6.07 Å². The van der Waals surface area contributed by atoms with Crippen LogP contribution in [0, 0.1) is 0 Å². The Morgan fingerprint density at radius 2 is 1.88 bits per heavy atom. The molecule has 0 unspecified atom stereocenters. The highest BCUT2D eigenvalue weighted by Gasteiger charge is 2.15. The Morgan fingerprint density at radius 1 is 1.24 bits per heavy atom. The minimum absolute atomic E-state index is 0.0975. The van der Waals surface area contributed by atoms with Gasteiger partial charge in [-0.05, 0) is 29.5 Å². The summed E-state index contributed by atoms with van der Waals surface area (Å²) in [5, 5.41) is 1.51. The molecule has 5 heteroatoms. The zero-order chi connectivity index (χ0) is 12.6. The SMILES string of the molecule is CCc1ccc2ccc(S(=O)(=O)O)c(N)c2c1. The molecule has 0 aliphatic rings. The number of rotatable bonds is 2. The number of nitrogen functional groups attached to an aromatic ring is 1. The number of hydrogen-bond acceptors (Lipinski definition) is 3. The van der Waals surface area contributed by atoms with Crippen molar-refractivity contribution in [1.82, 2.24) is 0 Å². The molecule has 2 aromatic rings. The molecule has 0 radical (unpaired) electrons. The lowest BCUT2D eigenvalue weighted by molar-refractivity contribution is 0.484. The molecule has 0 spiro atoms. The minimum atomic E-state index is -4.27. The fourth-order valence-corrected chi connectivity index (χ4v) is 2.44. The highest BCUT2D eigenvalue weighted by atomic mass is 32.2. The second kappa shape index (κ2) is 4.01. The molecule has 2 aromatic carbocycles. The maximum absolute atomic E-state index is 11.1. The normalized spacial score (nSPS) is 11.9. The number of nitrogens with two attached hydrogens (primary N) is 1. The summed E-state index contributed by atoms with van der Waals surface area (Å²) < 4.78 is 31.3. The van der Waals surface area contributed by atoms with Crippen LogP contribution in [0.25, 0.3) is 10.8 Å². The topological polar surface area (TPSA) is 80.4 Å². The molecule has 0 bridgehead atoms. The molecule has 0 fully saturated rings. The lowest BCUT2D eigenvalue weighted by atomic mass is 10.0. The first-order chi connectivity index (χ1) is 7.93. The summed E-state index contributed by atoms with van der Waals surface area (Å²) in [4.78, 5) is -0.238. The standard InChI is InChI=1S/C12H13NO3S/c1-2-8-3-4-9-5-6-11(17(14,15)16)12(13)10(9)7-8/h3-7H,2,13H2,1H3,(H,14,15,16). The fourth-order valence-electron chi connectivity index (χ4n) is 1.81. The third-order valence-electron chi connectivity index (χ3n) is 2.77. The molecular weight excluding hydrogens is 238 g/mol. The van der Waals surface area contributed by atoms with E-state index >= 15 is 0 Å². The van der Waals surface area contributed by atoms with Crippen LogP contribution in [-0.4, -0.2) is 13.0 Å².